The molecule has 4 nitrogen and oxygen atoms in total. The van der Waals surface area contributed by atoms with Gasteiger partial charge >= 0.3 is 0 Å². The van der Waals surface area contributed by atoms with Gasteiger partial charge in [0.1, 0.15) is 5.58 Å². The molecule has 1 aromatic heterocycles. The van der Waals surface area contributed by atoms with Crippen LogP contribution in [-0.2, 0) is 4.74 Å². The molecule has 102 valence electrons. The zero-order chi connectivity index (χ0) is 13.8. The molecule has 1 aromatic carbocycles. The first-order chi connectivity index (χ1) is 9.13. The molecule has 0 unspecified atom stereocenters. The van der Waals surface area contributed by atoms with Gasteiger partial charge in [0.15, 0.2) is 5.76 Å². The largest absolute Gasteiger partial charge is 0.451 e. The van der Waals surface area contributed by atoms with Gasteiger partial charge in [0, 0.05) is 35.7 Å². The van der Waals surface area contributed by atoms with Gasteiger partial charge in [-0.15, -0.1) is 0 Å². The van der Waals surface area contributed by atoms with Gasteiger partial charge in [0.2, 0.25) is 0 Å². The molecule has 0 aliphatic heterocycles. The van der Waals surface area contributed by atoms with Crippen LogP contribution in [0.4, 0.5) is 0 Å². The summed E-state index contributed by atoms with van der Waals surface area (Å²) in [5.74, 6) is 0.200. The quantitative estimate of drug-likeness (QED) is 0.858. The summed E-state index contributed by atoms with van der Waals surface area (Å²) >= 11 is 3.42. The van der Waals surface area contributed by atoms with Crippen LogP contribution < -0.4 is 5.32 Å². The molecule has 2 rings (SSSR count). The highest BCUT2D eigenvalue weighted by molar-refractivity contribution is 9.10. The van der Waals surface area contributed by atoms with E-state index in [4.69, 9.17) is 9.15 Å². The van der Waals surface area contributed by atoms with Crippen molar-refractivity contribution in [1.29, 1.82) is 0 Å². The zero-order valence-corrected chi connectivity index (χ0v) is 12.5. The van der Waals surface area contributed by atoms with Gasteiger partial charge in [-0.05, 0) is 31.5 Å². The van der Waals surface area contributed by atoms with Crippen molar-refractivity contribution < 1.29 is 13.9 Å². The van der Waals surface area contributed by atoms with Crippen molar-refractivity contribution in [1.82, 2.24) is 5.32 Å². The van der Waals surface area contributed by atoms with Crippen LogP contribution in [-0.4, -0.2) is 26.2 Å². The number of nitrogens with one attached hydrogen (secondary N) is 1. The fourth-order valence-electron chi connectivity index (χ4n) is 1.91. The molecule has 1 amide bonds. The normalized spacial score (nSPS) is 10.9. The summed E-state index contributed by atoms with van der Waals surface area (Å²) in [5.41, 5.74) is 1.59. The second-order valence-corrected chi connectivity index (χ2v) is 5.21. The minimum atomic E-state index is -0.180. The average molecular weight is 326 g/mol. The lowest BCUT2D eigenvalue weighted by atomic mass is 10.1. The summed E-state index contributed by atoms with van der Waals surface area (Å²) in [7, 11) is 1.64. The number of hydrogen-bond donors (Lipinski definition) is 1. The number of amides is 1. The number of carbonyl (C=O) groups is 1. The lowest BCUT2D eigenvalue weighted by Crippen LogP contribution is -2.25. The van der Waals surface area contributed by atoms with E-state index in [1.165, 1.54) is 0 Å². The number of fused-ring (bicyclic) bond motifs is 1. The third kappa shape index (κ3) is 3.16. The molecule has 0 saturated heterocycles. The number of hydrogen-bond acceptors (Lipinski definition) is 3. The Kier molecular flexibility index (Phi) is 4.61. The van der Waals surface area contributed by atoms with Crippen molar-refractivity contribution in [2.45, 2.75) is 13.3 Å². The first kappa shape index (κ1) is 14.1. The maximum Gasteiger partial charge on any atom is 0.287 e. The molecule has 1 heterocycles. The van der Waals surface area contributed by atoms with Gasteiger partial charge in [-0.2, -0.15) is 0 Å². The van der Waals surface area contributed by atoms with Crippen LogP contribution in [0.25, 0.3) is 11.0 Å². The third-order valence-electron chi connectivity index (χ3n) is 2.92. The van der Waals surface area contributed by atoms with Crippen molar-refractivity contribution in [3.8, 4) is 0 Å². The molecule has 0 radical (unpaired) electrons. The number of halogens is 1. The highest BCUT2D eigenvalue weighted by atomic mass is 79.9. The van der Waals surface area contributed by atoms with Crippen LogP contribution in [0.15, 0.2) is 27.1 Å². The van der Waals surface area contributed by atoms with Crippen LogP contribution in [0.1, 0.15) is 22.5 Å². The summed E-state index contributed by atoms with van der Waals surface area (Å²) in [6, 6.07) is 5.70. The molecule has 0 saturated carbocycles. The number of aryl methyl sites for hydroxylation is 1. The Morgan fingerprint density at radius 2 is 2.26 bits per heavy atom. The van der Waals surface area contributed by atoms with Crippen LogP contribution in [0.3, 0.4) is 0 Å². The Morgan fingerprint density at radius 3 is 3.00 bits per heavy atom. The molecule has 0 bridgehead atoms. The molecule has 0 fully saturated rings. The van der Waals surface area contributed by atoms with E-state index in [1.54, 1.807) is 7.11 Å². The third-order valence-corrected chi connectivity index (χ3v) is 3.41. The summed E-state index contributed by atoms with van der Waals surface area (Å²) < 4.78 is 11.5. The van der Waals surface area contributed by atoms with Crippen LogP contribution in [0, 0.1) is 6.92 Å². The molecule has 0 spiro atoms. The van der Waals surface area contributed by atoms with Gasteiger partial charge in [0.25, 0.3) is 5.91 Å². The smallest absolute Gasteiger partial charge is 0.287 e. The van der Waals surface area contributed by atoms with Crippen molar-refractivity contribution in [3.05, 3.63) is 34.0 Å². The van der Waals surface area contributed by atoms with Crippen molar-refractivity contribution in [2.75, 3.05) is 20.3 Å². The maximum atomic E-state index is 12.0. The van der Waals surface area contributed by atoms with E-state index in [2.05, 4.69) is 21.2 Å². The van der Waals surface area contributed by atoms with E-state index in [0.717, 1.165) is 27.4 Å². The molecule has 5 heteroatoms. The Bertz CT molecular complexity index is 592. The van der Waals surface area contributed by atoms with Crippen molar-refractivity contribution in [2.24, 2.45) is 0 Å². The van der Waals surface area contributed by atoms with E-state index in [-0.39, 0.29) is 5.91 Å². The van der Waals surface area contributed by atoms with Gasteiger partial charge < -0.3 is 14.5 Å². The Hall–Kier alpha value is -1.33. The average Bonchev–Trinajstić information content (AvgIpc) is 2.72. The summed E-state index contributed by atoms with van der Waals surface area (Å²) in [6.45, 7) is 3.10. The van der Waals surface area contributed by atoms with Crippen molar-refractivity contribution >= 4 is 32.8 Å². The van der Waals surface area contributed by atoms with E-state index in [0.29, 0.717) is 18.9 Å². The fourth-order valence-corrected chi connectivity index (χ4v) is 2.27. The number of carbonyl (C=O) groups excluding carboxylic acids is 1. The highest BCUT2D eigenvalue weighted by Gasteiger charge is 2.17. The predicted octanol–water partition coefficient (Wildman–Crippen LogP) is 3.27. The van der Waals surface area contributed by atoms with Gasteiger partial charge in [-0.25, -0.2) is 0 Å². The maximum absolute atomic E-state index is 12.0. The molecule has 1 N–H and O–H groups in total. The first-order valence-electron chi connectivity index (χ1n) is 6.09. The highest BCUT2D eigenvalue weighted by Crippen LogP contribution is 2.27. The monoisotopic (exact) mass is 325 g/mol. The summed E-state index contributed by atoms with van der Waals surface area (Å²) in [6.07, 6.45) is 0.785. The van der Waals surface area contributed by atoms with E-state index < -0.39 is 0 Å². The molecule has 0 aliphatic carbocycles. The standard InChI is InChI=1S/C14H16BrNO3/c1-9-11-8-10(15)4-5-12(11)19-13(9)14(17)16-6-3-7-18-2/h4-5,8H,3,6-7H2,1-2H3,(H,16,17). The zero-order valence-electron chi connectivity index (χ0n) is 11.0. The summed E-state index contributed by atoms with van der Waals surface area (Å²) in [5, 5.41) is 3.78. The number of rotatable bonds is 5. The molecule has 0 atom stereocenters. The Balaban J connectivity index is 2.16. The minimum Gasteiger partial charge on any atom is -0.451 e. The van der Waals surface area contributed by atoms with Gasteiger partial charge in [-0.1, -0.05) is 15.9 Å². The fraction of sp³-hybridized carbons (Fsp3) is 0.357. The number of furan rings is 1. The van der Waals surface area contributed by atoms with Crippen LogP contribution in [0.2, 0.25) is 0 Å². The molecule has 0 aliphatic rings. The molecule has 2 aromatic rings. The number of methoxy groups -OCH3 is 1. The van der Waals surface area contributed by atoms with Crippen molar-refractivity contribution in [3.63, 3.8) is 0 Å². The lowest BCUT2D eigenvalue weighted by molar-refractivity contribution is 0.0922. The topological polar surface area (TPSA) is 51.5 Å². The minimum absolute atomic E-state index is 0.180. The molecular weight excluding hydrogens is 310 g/mol. The Morgan fingerprint density at radius 1 is 1.47 bits per heavy atom. The van der Waals surface area contributed by atoms with E-state index in [9.17, 15) is 4.79 Å². The summed E-state index contributed by atoms with van der Waals surface area (Å²) in [4.78, 5) is 12.0. The van der Waals surface area contributed by atoms with Crippen LogP contribution >= 0.6 is 15.9 Å². The SMILES string of the molecule is COCCCNC(=O)c1oc2ccc(Br)cc2c1C. The second kappa shape index (κ2) is 6.21. The number of ether oxygens (including phenoxy) is 1. The second-order valence-electron chi connectivity index (χ2n) is 4.30. The van der Waals surface area contributed by atoms with Gasteiger partial charge in [0.05, 0.1) is 0 Å². The van der Waals surface area contributed by atoms with Gasteiger partial charge in [-0.3, -0.25) is 4.79 Å². The lowest BCUT2D eigenvalue weighted by Gasteiger charge is -2.02. The molecular formula is C14H16BrNO3. The van der Waals surface area contributed by atoms with E-state index >= 15 is 0 Å². The van der Waals surface area contributed by atoms with E-state index in [1.807, 2.05) is 25.1 Å². The Labute approximate surface area is 120 Å². The predicted molar refractivity (Wildman–Crippen MR) is 77.5 cm³/mol. The number of benzene rings is 1. The molecule has 19 heavy (non-hydrogen) atoms. The first-order valence-corrected chi connectivity index (χ1v) is 6.88. The van der Waals surface area contributed by atoms with Crippen LogP contribution in [0.5, 0.6) is 0 Å².